The molecule has 0 saturated heterocycles. The van der Waals surface area contributed by atoms with Gasteiger partial charge in [-0.3, -0.25) is 9.48 Å². The maximum atomic E-state index is 12.5. The van der Waals surface area contributed by atoms with Crippen molar-refractivity contribution < 1.29 is 9.53 Å². The van der Waals surface area contributed by atoms with Crippen LogP contribution in [0.3, 0.4) is 0 Å². The molecule has 0 aliphatic carbocycles. The second kappa shape index (κ2) is 7.51. The number of benzene rings is 1. The van der Waals surface area contributed by atoms with E-state index in [1.165, 1.54) is 0 Å². The standard InChI is InChI=1S/C19H25N3O2/c1-14(2)13-24-18-9-4-3-7-15(18)11-20-19(23)16-12-21-22-10-6-5-8-17(16)22/h3-4,7,9,12,14H,5-6,8,10-11,13H2,1-2H3,(H,20,23). The summed E-state index contributed by atoms with van der Waals surface area (Å²) in [5.41, 5.74) is 2.76. The number of hydrogen-bond donors (Lipinski definition) is 1. The molecular formula is C19H25N3O2. The molecule has 24 heavy (non-hydrogen) atoms. The second-order valence-corrected chi connectivity index (χ2v) is 6.68. The number of nitrogens with zero attached hydrogens (tertiary/aromatic N) is 2. The fourth-order valence-electron chi connectivity index (χ4n) is 2.93. The Hall–Kier alpha value is -2.30. The molecule has 128 valence electrons. The van der Waals surface area contributed by atoms with Gasteiger partial charge in [-0.25, -0.2) is 0 Å². The molecule has 0 bridgehead atoms. The lowest BCUT2D eigenvalue weighted by atomic mass is 10.1. The Morgan fingerprint density at radius 3 is 3.00 bits per heavy atom. The molecule has 0 saturated carbocycles. The summed E-state index contributed by atoms with van der Waals surface area (Å²) in [4.78, 5) is 12.5. The molecule has 1 aromatic carbocycles. The Bertz CT molecular complexity index is 706. The predicted molar refractivity (Wildman–Crippen MR) is 93.1 cm³/mol. The highest BCUT2D eigenvalue weighted by Gasteiger charge is 2.19. The van der Waals surface area contributed by atoms with Crippen molar-refractivity contribution in [1.82, 2.24) is 15.1 Å². The van der Waals surface area contributed by atoms with Crippen LogP contribution in [0, 0.1) is 5.92 Å². The molecular weight excluding hydrogens is 302 g/mol. The molecule has 1 N–H and O–H groups in total. The van der Waals surface area contributed by atoms with Gasteiger partial charge in [0.2, 0.25) is 0 Å². The number of amides is 1. The first-order valence-electron chi connectivity index (χ1n) is 8.68. The van der Waals surface area contributed by atoms with Crippen LogP contribution in [0.5, 0.6) is 5.75 Å². The largest absolute Gasteiger partial charge is 0.493 e. The van der Waals surface area contributed by atoms with E-state index in [9.17, 15) is 4.79 Å². The van der Waals surface area contributed by atoms with Gasteiger partial charge < -0.3 is 10.1 Å². The molecule has 0 atom stereocenters. The number of rotatable bonds is 6. The van der Waals surface area contributed by atoms with Gasteiger partial charge in [-0.15, -0.1) is 0 Å². The van der Waals surface area contributed by atoms with Gasteiger partial charge in [-0.1, -0.05) is 32.0 Å². The van der Waals surface area contributed by atoms with E-state index in [1.54, 1.807) is 6.20 Å². The molecule has 0 radical (unpaired) electrons. The van der Waals surface area contributed by atoms with E-state index in [0.29, 0.717) is 24.6 Å². The summed E-state index contributed by atoms with van der Waals surface area (Å²) in [6, 6.07) is 7.86. The number of nitrogens with one attached hydrogen (secondary N) is 1. The number of fused-ring (bicyclic) bond motifs is 1. The highest BCUT2D eigenvalue weighted by Crippen LogP contribution is 2.20. The monoisotopic (exact) mass is 327 g/mol. The molecule has 5 nitrogen and oxygen atoms in total. The minimum Gasteiger partial charge on any atom is -0.493 e. The number of hydrogen-bond acceptors (Lipinski definition) is 3. The van der Waals surface area contributed by atoms with Gasteiger partial charge in [0, 0.05) is 18.7 Å². The fraction of sp³-hybridized carbons (Fsp3) is 0.474. The van der Waals surface area contributed by atoms with Crippen LogP contribution in [-0.4, -0.2) is 22.3 Å². The molecule has 0 fully saturated rings. The minimum absolute atomic E-state index is 0.0585. The van der Waals surface area contributed by atoms with Crippen molar-refractivity contribution in [3.63, 3.8) is 0 Å². The first-order chi connectivity index (χ1) is 11.6. The van der Waals surface area contributed by atoms with Crippen molar-refractivity contribution in [2.45, 2.75) is 46.2 Å². The van der Waals surface area contributed by atoms with Crippen LogP contribution in [0.4, 0.5) is 0 Å². The Morgan fingerprint density at radius 2 is 2.17 bits per heavy atom. The fourth-order valence-corrected chi connectivity index (χ4v) is 2.93. The van der Waals surface area contributed by atoms with E-state index in [-0.39, 0.29) is 5.91 Å². The van der Waals surface area contributed by atoms with Crippen LogP contribution in [0.25, 0.3) is 0 Å². The summed E-state index contributed by atoms with van der Waals surface area (Å²) < 4.78 is 7.80. The molecule has 1 aliphatic heterocycles. The SMILES string of the molecule is CC(C)COc1ccccc1CNC(=O)c1cnn2c1CCCC2. The molecule has 1 aromatic heterocycles. The van der Waals surface area contributed by atoms with Crippen LogP contribution in [0.1, 0.15) is 48.3 Å². The van der Waals surface area contributed by atoms with Crippen molar-refractivity contribution in [3.8, 4) is 5.75 Å². The van der Waals surface area contributed by atoms with Crippen molar-refractivity contribution in [1.29, 1.82) is 0 Å². The van der Waals surface area contributed by atoms with E-state index in [2.05, 4.69) is 24.3 Å². The summed E-state index contributed by atoms with van der Waals surface area (Å²) in [6.07, 6.45) is 4.88. The third-order valence-electron chi connectivity index (χ3n) is 4.21. The average molecular weight is 327 g/mol. The summed E-state index contributed by atoms with van der Waals surface area (Å²) in [6.45, 7) is 6.27. The zero-order chi connectivity index (χ0) is 16.9. The maximum Gasteiger partial charge on any atom is 0.255 e. The highest BCUT2D eigenvalue weighted by molar-refractivity contribution is 5.95. The van der Waals surface area contributed by atoms with E-state index < -0.39 is 0 Å². The number of aromatic nitrogens is 2. The van der Waals surface area contributed by atoms with Crippen molar-refractivity contribution in [3.05, 3.63) is 47.3 Å². The summed E-state index contributed by atoms with van der Waals surface area (Å²) in [5, 5.41) is 7.34. The quantitative estimate of drug-likeness (QED) is 0.886. The number of carbonyl (C=O) groups excluding carboxylic acids is 1. The van der Waals surface area contributed by atoms with E-state index >= 15 is 0 Å². The van der Waals surface area contributed by atoms with Gasteiger partial charge >= 0.3 is 0 Å². The molecule has 5 heteroatoms. The summed E-state index contributed by atoms with van der Waals surface area (Å²) >= 11 is 0. The van der Waals surface area contributed by atoms with Gasteiger partial charge in [0.15, 0.2) is 0 Å². The lowest BCUT2D eigenvalue weighted by Gasteiger charge is -2.15. The van der Waals surface area contributed by atoms with Gasteiger partial charge in [-0.2, -0.15) is 5.10 Å². The lowest BCUT2D eigenvalue weighted by molar-refractivity contribution is 0.0949. The maximum absolute atomic E-state index is 12.5. The Balaban J connectivity index is 1.65. The van der Waals surface area contributed by atoms with Crippen LogP contribution in [-0.2, 0) is 19.5 Å². The number of ether oxygens (including phenoxy) is 1. The Labute approximate surface area is 143 Å². The molecule has 2 aromatic rings. The minimum atomic E-state index is -0.0585. The van der Waals surface area contributed by atoms with E-state index in [0.717, 1.165) is 42.8 Å². The smallest absolute Gasteiger partial charge is 0.255 e. The lowest BCUT2D eigenvalue weighted by Crippen LogP contribution is -2.25. The van der Waals surface area contributed by atoms with Crippen LogP contribution in [0.2, 0.25) is 0 Å². The number of carbonyl (C=O) groups is 1. The van der Waals surface area contributed by atoms with Crippen molar-refractivity contribution in [2.75, 3.05) is 6.61 Å². The Morgan fingerprint density at radius 1 is 1.33 bits per heavy atom. The van der Waals surface area contributed by atoms with E-state index in [4.69, 9.17) is 4.74 Å². The molecule has 2 heterocycles. The van der Waals surface area contributed by atoms with Gasteiger partial charge in [0.1, 0.15) is 5.75 Å². The van der Waals surface area contributed by atoms with Crippen LogP contribution < -0.4 is 10.1 Å². The molecule has 0 unspecified atom stereocenters. The zero-order valence-electron chi connectivity index (χ0n) is 14.4. The Kier molecular flexibility index (Phi) is 5.18. The zero-order valence-corrected chi connectivity index (χ0v) is 14.4. The average Bonchev–Trinajstić information content (AvgIpc) is 3.02. The first kappa shape index (κ1) is 16.6. The summed E-state index contributed by atoms with van der Waals surface area (Å²) in [7, 11) is 0. The first-order valence-corrected chi connectivity index (χ1v) is 8.68. The second-order valence-electron chi connectivity index (χ2n) is 6.68. The number of para-hydroxylation sites is 1. The summed E-state index contributed by atoms with van der Waals surface area (Å²) in [5.74, 6) is 1.24. The van der Waals surface area contributed by atoms with Crippen molar-refractivity contribution in [2.24, 2.45) is 5.92 Å². The molecule has 1 aliphatic rings. The highest BCUT2D eigenvalue weighted by atomic mass is 16.5. The number of aryl methyl sites for hydroxylation is 1. The molecule has 1 amide bonds. The third-order valence-corrected chi connectivity index (χ3v) is 4.21. The molecule has 0 spiro atoms. The molecule has 3 rings (SSSR count). The topological polar surface area (TPSA) is 56.1 Å². The van der Waals surface area contributed by atoms with Crippen molar-refractivity contribution >= 4 is 5.91 Å². The third kappa shape index (κ3) is 3.78. The van der Waals surface area contributed by atoms with Gasteiger partial charge in [-0.05, 0) is 31.2 Å². The van der Waals surface area contributed by atoms with Gasteiger partial charge in [0.25, 0.3) is 5.91 Å². The van der Waals surface area contributed by atoms with Crippen LogP contribution in [0.15, 0.2) is 30.5 Å². The van der Waals surface area contributed by atoms with Gasteiger partial charge in [0.05, 0.1) is 24.1 Å². The predicted octanol–water partition coefficient (Wildman–Crippen LogP) is 3.18. The van der Waals surface area contributed by atoms with E-state index in [1.807, 2.05) is 28.9 Å². The van der Waals surface area contributed by atoms with Crippen LogP contribution >= 0.6 is 0 Å². The normalized spacial score (nSPS) is 13.6.